The van der Waals surface area contributed by atoms with Gasteiger partial charge in [0.25, 0.3) is 0 Å². The van der Waals surface area contributed by atoms with Crippen LogP contribution in [0, 0.1) is 0 Å². The molecule has 0 N–H and O–H groups in total. The van der Waals surface area contributed by atoms with Crippen LogP contribution in [-0.2, 0) is 0 Å². The SMILES string of the molecule is C=CC(C)c1cc(OC)cc(OC)c1. The van der Waals surface area contributed by atoms with E-state index >= 15 is 0 Å². The van der Waals surface area contributed by atoms with E-state index in [-0.39, 0.29) is 0 Å². The van der Waals surface area contributed by atoms with Crippen molar-refractivity contribution in [2.45, 2.75) is 12.8 Å². The summed E-state index contributed by atoms with van der Waals surface area (Å²) in [5, 5.41) is 0. The lowest BCUT2D eigenvalue weighted by atomic mass is 10.0. The summed E-state index contributed by atoms with van der Waals surface area (Å²) in [5.74, 6) is 1.93. The Hall–Kier alpha value is -1.44. The number of allylic oxidation sites excluding steroid dienone is 1. The zero-order valence-corrected chi connectivity index (χ0v) is 8.91. The lowest BCUT2D eigenvalue weighted by Gasteiger charge is -2.11. The number of methoxy groups -OCH3 is 2. The van der Waals surface area contributed by atoms with E-state index in [0.29, 0.717) is 5.92 Å². The van der Waals surface area contributed by atoms with Gasteiger partial charge in [-0.1, -0.05) is 13.0 Å². The first-order valence-corrected chi connectivity index (χ1v) is 4.56. The van der Waals surface area contributed by atoms with Gasteiger partial charge in [-0.05, 0) is 23.6 Å². The van der Waals surface area contributed by atoms with Gasteiger partial charge in [0.2, 0.25) is 0 Å². The Labute approximate surface area is 85.2 Å². The van der Waals surface area contributed by atoms with Gasteiger partial charge in [0, 0.05) is 6.07 Å². The average molecular weight is 192 g/mol. The first-order valence-electron chi connectivity index (χ1n) is 4.56. The van der Waals surface area contributed by atoms with Gasteiger partial charge in [0.1, 0.15) is 11.5 Å². The summed E-state index contributed by atoms with van der Waals surface area (Å²) < 4.78 is 10.4. The van der Waals surface area contributed by atoms with Crippen molar-refractivity contribution in [2.75, 3.05) is 14.2 Å². The Morgan fingerprint density at radius 1 is 1.14 bits per heavy atom. The van der Waals surface area contributed by atoms with Crippen molar-refractivity contribution in [2.24, 2.45) is 0 Å². The molecule has 0 fully saturated rings. The summed E-state index contributed by atoms with van der Waals surface area (Å²) >= 11 is 0. The molecule has 2 nitrogen and oxygen atoms in total. The predicted octanol–water partition coefficient (Wildman–Crippen LogP) is 2.99. The normalized spacial score (nSPS) is 11.9. The highest BCUT2D eigenvalue weighted by atomic mass is 16.5. The molecule has 0 aliphatic heterocycles. The van der Waals surface area contributed by atoms with Crippen LogP contribution in [0.3, 0.4) is 0 Å². The number of hydrogen-bond acceptors (Lipinski definition) is 2. The minimum Gasteiger partial charge on any atom is -0.497 e. The van der Waals surface area contributed by atoms with Gasteiger partial charge in [0.05, 0.1) is 14.2 Å². The lowest BCUT2D eigenvalue weighted by molar-refractivity contribution is 0.393. The van der Waals surface area contributed by atoms with Crippen molar-refractivity contribution in [3.8, 4) is 11.5 Å². The second-order valence-electron chi connectivity index (χ2n) is 3.17. The highest BCUT2D eigenvalue weighted by Crippen LogP contribution is 2.27. The number of hydrogen-bond donors (Lipinski definition) is 0. The van der Waals surface area contributed by atoms with E-state index in [1.807, 2.05) is 24.3 Å². The second kappa shape index (κ2) is 4.70. The Morgan fingerprint density at radius 3 is 2.00 bits per heavy atom. The molecule has 0 aromatic heterocycles. The molecule has 0 aliphatic rings. The van der Waals surface area contributed by atoms with Gasteiger partial charge in [-0.3, -0.25) is 0 Å². The maximum absolute atomic E-state index is 5.18. The van der Waals surface area contributed by atoms with Crippen LogP contribution in [0.15, 0.2) is 30.9 Å². The molecule has 0 amide bonds. The molecule has 14 heavy (non-hydrogen) atoms. The molecule has 0 spiro atoms. The third kappa shape index (κ3) is 2.28. The first kappa shape index (κ1) is 10.6. The number of ether oxygens (including phenoxy) is 2. The van der Waals surface area contributed by atoms with Crippen molar-refractivity contribution in [3.05, 3.63) is 36.4 Å². The predicted molar refractivity (Wildman–Crippen MR) is 58.2 cm³/mol. The van der Waals surface area contributed by atoms with E-state index in [9.17, 15) is 0 Å². The van der Waals surface area contributed by atoms with Gasteiger partial charge in [-0.2, -0.15) is 0 Å². The summed E-state index contributed by atoms with van der Waals surface area (Å²) in [6.07, 6.45) is 1.90. The molecule has 1 unspecified atom stereocenters. The third-order valence-electron chi connectivity index (χ3n) is 2.25. The van der Waals surface area contributed by atoms with Crippen LogP contribution < -0.4 is 9.47 Å². The number of rotatable bonds is 4. The van der Waals surface area contributed by atoms with Crippen LogP contribution in [-0.4, -0.2) is 14.2 Å². The fourth-order valence-corrected chi connectivity index (χ4v) is 1.23. The standard InChI is InChI=1S/C12H16O2/c1-5-9(2)10-6-11(13-3)8-12(7-10)14-4/h5-9H,1H2,2-4H3. The van der Waals surface area contributed by atoms with E-state index in [1.54, 1.807) is 14.2 Å². The minimum atomic E-state index is 0.305. The van der Waals surface area contributed by atoms with Gasteiger partial charge in [0.15, 0.2) is 0 Å². The smallest absolute Gasteiger partial charge is 0.122 e. The van der Waals surface area contributed by atoms with Crippen LogP contribution in [0.2, 0.25) is 0 Å². The van der Waals surface area contributed by atoms with Crippen molar-refractivity contribution in [3.63, 3.8) is 0 Å². The molecule has 2 heteroatoms. The summed E-state index contributed by atoms with van der Waals surface area (Å²) in [5.41, 5.74) is 1.15. The van der Waals surface area contributed by atoms with Gasteiger partial charge >= 0.3 is 0 Å². The Bertz CT molecular complexity index is 296. The van der Waals surface area contributed by atoms with E-state index in [4.69, 9.17) is 9.47 Å². The van der Waals surface area contributed by atoms with Gasteiger partial charge < -0.3 is 9.47 Å². The Morgan fingerprint density at radius 2 is 1.64 bits per heavy atom. The van der Waals surface area contributed by atoms with Crippen molar-refractivity contribution < 1.29 is 9.47 Å². The summed E-state index contributed by atoms with van der Waals surface area (Å²) in [6.45, 7) is 5.85. The topological polar surface area (TPSA) is 18.5 Å². The van der Waals surface area contributed by atoms with Crippen LogP contribution in [0.25, 0.3) is 0 Å². The van der Waals surface area contributed by atoms with Crippen LogP contribution in [0.4, 0.5) is 0 Å². The maximum Gasteiger partial charge on any atom is 0.122 e. The third-order valence-corrected chi connectivity index (χ3v) is 2.25. The molecule has 1 atom stereocenters. The quantitative estimate of drug-likeness (QED) is 0.683. The van der Waals surface area contributed by atoms with Crippen molar-refractivity contribution in [1.29, 1.82) is 0 Å². The molecule has 1 aromatic carbocycles. The van der Waals surface area contributed by atoms with Crippen LogP contribution >= 0.6 is 0 Å². The zero-order chi connectivity index (χ0) is 10.6. The fraction of sp³-hybridized carbons (Fsp3) is 0.333. The maximum atomic E-state index is 5.18. The molecule has 0 aliphatic carbocycles. The molecule has 0 radical (unpaired) electrons. The fourth-order valence-electron chi connectivity index (χ4n) is 1.23. The van der Waals surface area contributed by atoms with Gasteiger partial charge in [-0.15, -0.1) is 6.58 Å². The summed E-state index contributed by atoms with van der Waals surface area (Å²) in [6, 6.07) is 5.85. The molecule has 1 aromatic rings. The highest BCUT2D eigenvalue weighted by molar-refractivity contribution is 5.40. The monoisotopic (exact) mass is 192 g/mol. The van der Waals surface area contributed by atoms with E-state index in [0.717, 1.165) is 17.1 Å². The first-order chi connectivity index (χ1) is 6.71. The Balaban J connectivity index is 3.09. The minimum absolute atomic E-state index is 0.305. The molecule has 0 saturated heterocycles. The molecule has 0 heterocycles. The van der Waals surface area contributed by atoms with Gasteiger partial charge in [-0.25, -0.2) is 0 Å². The largest absolute Gasteiger partial charge is 0.497 e. The molecule has 0 bridgehead atoms. The average Bonchev–Trinajstić information content (AvgIpc) is 2.27. The summed E-state index contributed by atoms with van der Waals surface area (Å²) in [4.78, 5) is 0. The van der Waals surface area contributed by atoms with Crippen LogP contribution in [0.1, 0.15) is 18.4 Å². The molecule has 1 rings (SSSR count). The Kier molecular flexibility index (Phi) is 3.57. The van der Waals surface area contributed by atoms with E-state index in [1.165, 1.54) is 0 Å². The number of benzene rings is 1. The van der Waals surface area contributed by atoms with E-state index < -0.39 is 0 Å². The second-order valence-corrected chi connectivity index (χ2v) is 3.17. The summed E-state index contributed by atoms with van der Waals surface area (Å²) in [7, 11) is 3.30. The molecular formula is C12H16O2. The highest BCUT2D eigenvalue weighted by Gasteiger charge is 2.05. The van der Waals surface area contributed by atoms with Crippen LogP contribution in [0.5, 0.6) is 11.5 Å². The molecular weight excluding hydrogens is 176 g/mol. The zero-order valence-electron chi connectivity index (χ0n) is 8.91. The van der Waals surface area contributed by atoms with Crippen molar-refractivity contribution >= 4 is 0 Å². The molecule has 0 saturated carbocycles. The van der Waals surface area contributed by atoms with Crippen molar-refractivity contribution in [1.82, 2.24) is 0 Å². The van der Waals surface area contributed by atoms with E-state index in [2.05, 4.69) is 13.5 Å². The molecule has 76 valence electrons. The lowest BCUT2D eigenvalue weighted by Crippen LogP contribution is -1.93.